The first-order valence-electron chi connectivity index (χ1n) is 9.13. The number of amides is 1. The Morgan fingerprint density at radius 3 is 2.36 bits per heavy atom. The lowest BCUT2D eigenvalue weighted by Crippen LogP contribution is -2.32. The van der Waals surface area contributed by atoms with E-state index in [9.17, 15) is 4.79 Å². The maximum absolute atomic E-state index is 12.7. The van der Waals surface area contributed by atoms with E-state index in [-0.39, 0.29) is 5.91 Å². The Morgan fingerprint density at radius 1 is 1.04 bits per heavy atom. The van der Waals surface area contributed by atoms with Crippen LogP contribution in [0.3, 0.4) is 0 Å². The van der Waals surface area contributed by atoms with Crippen LogP contribution >= 0.6 is 0 Å². The van der Waals surface area contributed by atoms with Gasteiger partial charge in [0.1, 0.15) is 5.69 Å². The Kier molecular flexibility index (Phi) is 5.64. The molecule has 5 nitrogen and oxygen atoms in total. The molecule has 0 unspecified atom stereocenters. The zero-order valence-corrected chi connectivity index (χ0v) is 15.0. The van der Waals surface area contributed by atoms with Crippen LogP contribution in [0.5, 0.6) is 0 Å². The molecular formula is C20H26N4O. The van der Waals surface area contributed by atoms with E-state index in [1.54, 1.807) is 12.3 Å². The van der Waals surface area contributed by atoms with Gasteiger partial charge in [-0.2, -0.15) is 0 Å². The Bertz CT molecular complexity index is 704. The molecular weight excluding hydrogens is 312 g/mol. The molecule has 132 valence electrons. The topological polar surface area (TPSA) is 58.1 Å². The minimum atomic E-state index is 0.00232. The van der Waals surface area contributed by atoms with Crippen molar-refractivity contribution in [3.8, 4) is 0 Å². The van der Waals surface area contributed by atoms with Crippen LogP contribution in [0.25, 0.3) is 0 Å². The number of rotatable bonds is 4. The van der Waals surface area contributed by atoms with Crippen molar-refractivity contribution < 1.29 is 4.79 Å². The van der Waals surface area contributed by atoms with Crippen LogP contribution < -0.4 is 5.32 Å². The number of benzene rings is 1. The highest BCUT2D eigenvalue weighted by Gasteiger charge is 2.18. The Labute approximate surface area is 149 Å². The van der Waals surface area contributed by atoms with Gasteiger partial charge >= 0.3 is 0 Å². The predicted molar refractivity (Wildman–Crippen MR) is 100 cm³/mol. The number of hydrogen-bond acceptors (Lipinski definition) is 4. The monoisotopic (exact) mass is 338 g/mol. The van der Waals surface area contributed by atoms with Crippen LogP contribution in [-0.4, -0.2) is 33.9 Å². The molecule has 25 heavy (non-hydrogen) atoms. The maximum Gasteiger partial charge on any atom is 0.272 e. The SMILES string of the molecule is CC(C)c1ccc(Nc2nccc(C(=O)N3CCCCCC3)n2)cc1. The molecule has 3 rings (SSSR count). The van der Waals surface area contributed by atoms with Crippen molar-refractivity contribution in [2.75, 3.05) is 18.4 Å². The lowest BCUT2D eigenvalue weighted by molar-refractivity contribution is 0.0755. The first kappa shape index (κ1) is 17.4. The third kappa shape index (κ3) is 4.56. The summed E-state index contributed by atoms with van der Waals surface area (Å²) in [7, 11) is 0. The number of aromatic nitrogens is 2. The molecule has 5 heteroatoms. The molecule has 0 spiro atoms. The van der Waals surface area contributed by atoms with Crippen molar-refractivity contribution in [3.05, 3.63) is 47.8 Å². The summed E-state index contributed by atoms with van der Waals surface area (Å²) in [5.41, 5.74) is 2.67. The summed E-state index contributed by atoms with van der Waals surface area (Å²) in [4.78, 5) is 23.3. The van der Waals surface area contributed by atoms with Crippen LogP contribution in [0.4, 0.5) is 11.6 Å². The van der Waals surface area contributed by atoms with Gasteiger partial charge in [-0.3, -0.25) is 4.79 Å². The van der Waals surface area contributed by atoms with Crippen LogP contribution in [0.15, 0.2) is 36.5 Å². The molecule has 1 aliphatic heterocycles. The minimum absolute atomic E-state index is 0.00232. The summed E-state index contributed by atoms with van der Waals surface area (Å²) in [6.45, 7) is 5.98. The van der Waals surface area contributed by atoms with Crippen molar-refractivity contribution >= 4 is 17.5 Å². The van der Waals surface area contributed by atoms with E-state index in [1.807, 2.05) is 17.0 Å². The van der Waals surface area contributed by atoms with E-state index in [4.69, 9.17) is 0 Å². The number of carbonyl (C=O) groups excluding carboxylic acids is 1. The number of nitrogens with one attached hydrogen (secondary N) is 1. The molecule has 1 aromatic carbocycles. The van der Waals surface area contributed by atoms with Gasteiger partial charge in [0.25, 0.3) is 5.91 Å². The fourth-order valence-electron chi connectivity index (χ4n) is 3.05. The van der Waals surface area contributed by atoms with Crippen molar-refractivity contribution in [2.45, 2.75) is 45.4 Å². The van der Waals surface area contributed by atoms with Gasteiger partial charge in [-0.05, 0) is 42.5 Å². The Morgan fingerprint density at radius 2 is 1.72 bits per heavy atom. The second-order valence-electron chi connectivity index (χ2n) is 6.87. The lowest BCUT2D eigenvalue weighted by Gasteiger charge is -2.19. The number of anilines is 2. The summed E-state index contributed by atoms with van der Waals surface area (Å²) in [5.74, 6) is 0.959. The zero-order chi connectivity index (χ0) is 17.6. The number of hydrogen-bond donors (Lipinski definition) is 1. The zero-order valence-electron chi connectivity index (χ0n) is 15.0. The molecule has 1 fully saturated rings. The van der Waals surface area contributed by atoms with Gasteiger partial charge in [-0.15, -0.1) is 0 Å². The summed E-state index contributed by atoms with van der Waals surface area (Å²) >= 11 is 0. The summed E-state index contributed by atoms with van der Waals surface area (Å²) in [6, 6.07) is 9.92. The first-order chi connectivity index (χ1) is 12.1. The first-order valence-corrected chi connectivity index (χ1v) is 9.13. The van der Waals surface area contributed by atoms with Gasteiger partial charge in [0.05, 0.1) is 0 Å². The van der Waals surface area contributed by atoms with Crippen LogP contribution in [0, 0.1) is 0 Å². The van der Waals surface area contributed by atoms with Gasteiger partial charge in [-0.25, -0.2) is 9.97 Å². The minimum Gasteiger partial charge on any atom is -0.337 e. The van der Waals surface area contributed by atoms with Crippen molar-refractivity contribution in [2.24, 2.45) is 0 Å². The van der Waals surface area contributed by atoms with Gasteiger partial charge in [0, 0.05) is 25.0 Å². The smallest absolute Gasteiger partial charge is 0.272 e. The Balaban J connectivity index is 1.71. The van der Waals surface area contributed by atoms with E-state index < -0.39 is 0 Å². The third-order valence-electron chi connectivity index (χ3n) is 4.60. The van der Waals surface area contributed by atoms with Crippen LogP contribution in [0.1, 0.15) is 61.5 Å². The highest BCUT2D eigenvalue weighted by molar-refractivity contribution is 5.92. The Hall–Kier alpha value is -2.43. The van der Waals surface area contributed by atoms with Gasteiger partial charge < -0.3 is 10.2 Å². The quantitative estimate of drug-likeness (QED) is 0.900. The van der Waals surface area contributed by atoms with Gasteiger partial charge in [-0.1, -0.05) is 38.8 Å². The molecule has 1 saturated heterocycles. The predicted octanol–water partition coefficient (Wildman–Crippen LogP) is 4.36. The van der Waals surface area contributed by atoms with Gasteiger partial charge in [0.2, 0.25) is 5.95 Å². The van der Waals surface area contributed by atoms with E-state index in [2.05, 4.69) is 41.3 Å². The molecule has 0 saturated carbocycles. The summed E-state index contributed by atoms with van der Waals surface area (Å²) in [6.07, 6.45) is 6.19. The molecule has 0 bridgehead atoms. The highest BCUT2D eigenvalue weighted by Crippen LogP contribution is 2.19. The fraction of sp³-hybridized carbons (Fsp3) is 0.450. The summed E-state index contributed by atoms with van der Waals surface area (Å²) in [5, 5.41) is 3.19. The van der Waals surface area contributed by atoms with Gasteiger partial charge in [0.15, 0.2) is 0 Å². The summed E-state index contributed by atoms with van der Waals surface area (Å²) < 4.78 is 0. The molecule has 0 radical (unpaired) electrons. The number of nitrogens with zero attached hydrogens (tertiary/aromatic N) is 3. The highest BCUT2D eigenvalue weighted by atomic mass is 16.2. The van der Waals surface area contributed by atoms with Crippen LogP contribution in [0.2, 0.25) is 0 Å². The molecule has 0 aliphatic carbocycles. The normalized spacial score (nSPS) is 15.1. The van der Waals surface area contributed by atoms with Crippen molar-refractivity contribution in [3.63, 3.8) is 0 Å². The molecule has 2 aromatic rings. The number of likely N-dealkylation sites (tertiary alicyclic amines) is 1. The maximum atomic E-state index is 12.7. The van der Waals surface area contributed by atoms with E-state index in [0.29, 0.717) is 17.6 Å². The largest absolute Gasteiger partial charge is 0.337 e. The third-order valence-corrected chi connectivity index (χ3v) is 4.60. The second-order valence-corrected chi connectivity index (χ2v) is 6.87. The van der Waals surface area contributed by atoms with Crippen molar-refractivity contribution in [1.29, 1.82) is 0 Å². The molecule has 0 atom stereocenters. The average Bonchev–Trinajstić information content (AvgIpc) is 2.91. The van der Waals surface area contributed by atoms with Crippen molar-refractivity contribution in [1.82, 2.24) is 14.9 Å². The molecule has 1 N–H and O–H groups in total. The fourth-order valence-corrected chi connectivity index (χ4v) is 3.05. The average molecular weight is 338 g/mol. The lowest BCUT2D eigenvalue weighted by atomic mass is 10.0. The molecule has 2 heterocycles. The van der Waals surface area contributed by atoms with E-state index in [1.165, 1.54) is 18.4 Å². The van der Waals surface area contributed by atoms with E-state index in [0.717, 1.165) is 31.6 Å². The number of carbonyl (C=O) groups is 1. The molecule has 1 aromatic heterocycles. The molecule has 1 amide bonds. The van der Waals surface area contributed by atoms with E-state index >= 15 is 0 Å². The van der Waals surface area contributed by atoms with Crippen LogP contribution in [-0.2, 0) is 0 Å². The second kappa shape index (κ2) is 8.10. The molecule has 1 aliphatic rings. The standard InChI is InChI=1S/C20H26N4O/c1-15(2)16-7-9-17(10-8-16)22-20-21-12-11-18(23-20)19(25)24-13-5-3-4-6-14-24/h7-12,15H,3-6,13-14H2,1-2H3,(H,21,22,23).